The average Bonchev–Trinajstić information content (AvgIpc) is 3.10. The minimum atomic E-state index is -0.450. The molecule has 0 heterocycles. The summed E-state index contributed by atoms with van der Waals surface area (Å²) in [7, 11) is 2.16. The van der Waals surface area contributed by atoms with Crippen molar-refractivity contribution in [3.05, 3.63) is 65.2 Å². The summed E-state index contributed by atoms with van der Waals surface area (Å²) >= 11 is 0. The van der Waals surface area contributed by atoms with Gasteiger partial charge in [-0.25, -0.2) is 0 Å². The van der Waals surface area contributed by atoms with Crippen molar-refractivity contribution < 1.29 is 9.84 Å². The second-order valence-electron chi connectivity index (χ2n) is 11.2. The number of rotatable bonds is 7. The van der Waals surface area contributed by atoms with Crippen molar-refractivity contribution in [2.24, 2.45) is 17.3 Å². The molecule has 33 heavy (non-hydrogen) atoms. The fourth-order valence-electron chi connectivity index (χ4n) is 7.63. The number of aliphatic hydroxyl groups is 1. The van der Waals surface area contributed by atoms with Gasteiger partial charge in [0.25, 0.3) is 0 Å². The van der Waals surface area contributed by atoms with Crippen LogP contribution in [0.2, 0.25) is 0 Å². The molecule has 2 aromatic rings. The predicted molar refractivity (Wildman–Crippen MR) is 135 cm³/mol. The molecule has 0 unspecified atom stereocenters. The van der Waals surface area contributed by atoms with Gasteiger partial charge in [0.2, 0.25) is 0 Å². The fourth-order valence-corrected chi connectivity index (χ4v) is 7.63. The minimum Gasteiger partial charge on any atom is -0.492 e. The van der Waals surface area contributed by atoms with Crippen molar-refractivity contribution in [2.45, 2.75) is 76.9 Å². The summed E-state index contributed by atoms with van der Waals surface area (Å²) in [5.74, 6) is 3.08. The number of nitrogens with zero attached hydrogens (tertiary/aromatic N) is 1. The highest BCUT2D eigenvalue weighted by Crippen LogP contribution is 2.65. The summed E-state index contributed by atoms with van der Waals surface area (Å²) < 4.78 is 6.17. The topological polar surface area (TPSA) is 32.7 Å². The van der Waals surface area contributed by atoms with E-state index in [1.54, 1.807) is 5.56 Å². The monoisotopic (exact) mass is 447 g/mol. The molecule has 3 heteroatoms. The quantitative estimate of drug-likeness (QED) is 0.549. The van der Waals surface area contributed by atoms with Gasteiger partial charge in [-0.2, -0.15) is 0 Å². The van der Waals surface area contributed by atoms with Gasteiger partial charge in [0.15, 0.2) is 0 Å². The lowest BCUT2D eigenvalue weighted by molar-refractivity contribution is -0.104. The van der Waals surface area contributed by atoms with E-state index in [1.807, 2.05) is 0 Å². The maximum atomic E-state index is 11.4. The van der Waals surface area contributed by atoms with Gasteiger partial charge in [-0.05, 0) is 104 Å². The number of aryl methyl sites for hydroxylation is 1. The third kappa shape index (κ3) is 4.12. The van der Waals surface area contributed by atoms with Crippen molar-refractivity contribution in [1.82, 2.24) is 4.90 Å². The number of ether oxygens (including phenoxy) is 1. The molecule has 3 nitrogen and oxygen atoms in total. The van der Waals surface area contributed by atoms with Gasteiger partial charge in [0.1, 0.15) is 12.4 Å². The van der Waals surface area contributed by atoms with Gasteiger partial charge >= 0.3 is 0 Å². The Kier molecular flexibility index (Phi) is 6.30. The number of fused-ring (bicyclic) bond motifs is 5. The molecule has 0 spiro atoms. The van der Waals surface area contributed by atoms with Crippen LogP contribution in [0.3, 0.4) is 0 Å². The standard InChI is InChI=1S/C30H41NO2/c1-4-30(32)17-15-28-27-12-10-23-20-24(11-13-25(23)26(27)14-16-29(28,30)2)33-19-18-31(3)21-22-8-6-5-7-9-22/h5-9,11,13,20,26-28,32H,4,10,12,14-19,21H2,1-3H3/t26-,27-,28+,29+,30+/m1/s1. The normalized spacial score (nSPS) is 32.8. The van der Waals surface area contributed by atoms with E-state index in [1.165, 1.54) is 30.4 Å². The van der Waals surface area contributed by atoms with E-state index in [-0.39, 0.29) is 5.41 Å². The van der Waals surface area contributed by atoms with Crippen molar-refractivity contribution in [3.63, 3.8) is 0 Å². The van der Waals surface area contributed by atoms with Crippen LogP contribution in [0, 0.1) is 17.3 Å². The molecular weight excluding hydrogens is 406 g/mol. The van der Waals surface area contributed by atoms with E-state index in [0.717, 1.165) is 50.4 Å². The molecule has 3 aliphatic rings. The summed E-state index contributed by atoms with van der Waals surface area (Å²) in [5.41, 5.74) is 4.06. The lowest BCUT2D eigenvalue weighted by Crippen LogP contribution is -2.50. The number of benzene rings is 2. The Bertz CT molecular complexity index is 959. The molecule has 0 amide bonds. The smallest absolute Gasteiger partial charge is 0.119 e. The largest absolute Gasteiger partial charge is 0.492 e. The molecule has 2 saturated carbocycles. The molecule has 0 aliphatic heterocycles. The van der Waals surface area contributed by atoms with Crippen LogP contribution in [-0.4, -0.2) is 35.8 Å². The van der Waals surface area contributed by atoms with Crippen molar-refractivity contribution >= 4 is 0 Å². The van der Waals surface area contributed by atoms with Crippen molar-refractivity contribution in [1.29, 1.82) is 0 Å². The highest BCUT2D eigenvalue weighted by atomic mass is 16.5. The van der Waals surface area contributed by atoms with E-state index in [4.69, 9.17) is 4.74 Å². The highest BCUT2D eigenvalue weighted by molar-refractivity contribution is 5.41. The molecule has 5 rings (SSSR count). The second-order valence-corrected chi connectivity index (χ2v) is 11.2. The van der Waals surface area contributed by atoms with E-state index in [2.05, 4.69) is 74.3 Å². The van der Waals surface area contributed by atoms with Crippen molar-refractivity contribution in [2.75, 3.05) is 20.2 Å². The molecule has 2 fully saturated rings. The van der Waals surface area contributed by atoms with Crippen LogP contribution in [0.1, 0.15) is 75.0 Å². The minimum absolute atomic E-state index is 0.106. The maximum Gasteiger partial charge on any atom is 0.119 e. The third-order valence-electron chi connectivity index (χ3n) is 9.64. The molecule has 3 aliphatic carbocycles. The summed E-state index contributed by atoms with van der Waals surface area (Å²) in [4.78, 5) is 2.32. The van der Waals surface area contributed by atoms with Gasteiger partial charge < -0.3 is 9.84 Å². The number of likely N-dealkylation sites (N-methyl/N-ethyl adjacent to an activating group) is 1. The van der Waals surface area contributed by atoms with Crippen LogP contribution in [-0.2, 0) is 13.0 Å². The van der Waals surface area contributed by atoms with E-state index in [0.29, 0.717) is 18.4 Å². The first kappa shape index (κ1) is 22.9. The Hall–Kier alpha value is -1.84. The lowest BCUT2D eigenvalue weighted by atomic mass is 9.53. The fraction of sp³-hybridized carbons (Fsp3) is 0.600. The molecule has 0 aromatic heterocycles. The highest BCUT2D eigenvalue weighted by Gasteiger charge is 2.60. The summed E-state index contributed by atoms with van der Waals surface area (Å²) in [6.45, 7) is 7.15. The number of hydrogen-bond donors (Lipinski definition) is 1. The van der Waals surface area contributed by atoms with Crippen LogP contribution in [0.5, 0.6) is 5.75 Å². The molecule has 0 saturated heterocycles. The van der Waals surface area contributed by atoms with Crippen LogP contribution in [0.4, 0.5) is 0 Å². The molecule has 2 aromatic carbocycles. The SMILES string of the molecule is CC[C@]1(O)CC[C@H]2[C@@H]3CCc4cc(OCCN(C)Cc5ccccc5)ccc4[C@H]3CC[C@@]21C. The third-order valence-corrected chi connectivity index (χ3v) is 9.64. The number of hydrogen-bond acceptors (Lipinski definition) is 3. The van der Waals surface area contributed by atoms with Gasteiger partial charge in [-0.3, -0.25) is 4.90 Å². The van der Waals surface area contributed by atoms with Crippen LogP contribution >= 0.6 is 0 Å². The Morgan fingerprint density at radius 1 is 1.06 bits per heavy atom. The Morgan fingerprint density at radius 3 is 2.67 bits per heavy atom. The molecule has 0 bridgehead atoms. The molecule has 178 valence electrons. The van der Waals surface area contributed by atoms with Crippen LogP contribution in [0.15, 0.2) is 48.5 Å². The summed E-state index contributed by atoms with van der Waals surface area (Å²) in [6, 6.07) is 17.5. The lowest BCUT2D eigenvalue weighted by Gasteiger charge is -2.53. The van der Waals surface area contributed by atoms with Gasteiger partial charge in [-0.1, -0.05) is 50.2 Å². The maximum absolute atomic E-state index is 11.4. The van der Waals surface area contributed by atoms with E-state index in [9.17, 15) is 5.11 Å². The zero-order chi connectivity index (χ0) is 23.1. The Labute approximate surface area is 200 Å². The summed E-state index contributed by atoms with van der Waals surface area (Å²) in [5, 5.41) is 11.4. The zero-order valence-electron chi connectivity index (χ0n) is 20.7. The molecule has 5 atom stereocenters. The summed E-state index contributed by atoms with van der Waals surface area (Å²) in [6.07, 6.45) is 7.89. The first-order valence-corrected chi connectivity index (χ1v) is 13.1. The predicted octanol–water partition coefficient (Wildman–Crippen LogP) is 6.19. The average molecular weight is 448 g/mol. The van der Waals surface area contributed by atoms with Crippen LogP contribution in [0.25, 0.3) is 0 Å². The van der Waals surface area contributed by atoms with Crippen LogP contribution < -0.4 is 4.74 Å². The van der Waals surface area contributed by atoms with E-state index < -0.39 is 5.60 Å². The Balaban J connectivity index is 1.21. The first-order valence-electron chi connectivity index (χ1n) is 13.1. The Morgan fingerprint density at radius 2 is 1.88 bits per heavy atom. The second kappa shape index (κ2) is 9.07. The molecule has 1 N–H and O–H groups in total. The van der Waals surface area contributed by atoms with E-state index >= 15 is 0 Å². The van der Waals surface area contributed by atoms with Gasteiger partial charge in [-0.15, -0.1) is 0 Å². The van der Waals surface area contributed by atoms with Gasteiger partial charge in [0.05, 0.1) is 5.60 Å². The first-order chi connectivity index (χ1) is 15.9. The van der Waals surface area contributed by atoms with Crippen molar-refractivity contribution in [3.8, 4) is 5.75 Å². The zero-order valence-corrected chi connectivity index (χ0v) is 20.7. The van der Waals surface area contributed by atoms with Gasteiger partial charge in [0, 0.05) is 13.1 Å². The molecular formula is C30H41NO2. The molecule has 0 radical (unpaired) electrons.